The molecule has 3 heterocycles. The third-order valence-corrected chi connectivity index (χ3v) is 10.3. The van der Waals surface area contributed by atoms with E-state index in [0.717, 1.165) is 59.1 Å². The molecule has 0 N–H and O–H groups in total. The van der Waals surface area contributed by atoms with Crippen LogP contribution in [-0.2, 0) is 0 Å². The van der Waals surface area contributed by atoms with E-state index in [1.165, 1.54) is 10.8 Å². The maximum atomic E-state index is 8.64. The summed E-state index contributed by atoms with van der Waals surface area (Å²) in [5.41, 5.74) is 7.03. The molecule has 0 atom stereocenters. The summed E-state index contributed by atoms with van der Waals surface area (Å²) in [5.74, 6) is 0.699. The van der Waals surface area contributed by atoms with E-state index >= 15 is 0 Å². The van der Waals surface area contributed by atoms with Gasteiger partial charge in [0.25, 0.3) is 0 Å². The normalized spacial score (nSPS) is 13.0. The van der Waals surface area contributed by atoms with Gasteiger partial charge in [0, 0.05) is 53.3 Å². The molecule has 0 saturated heterocycles. The molecule has 0 aliphatic rings. The molecule has 0 radical (unpaired) electrons. The van der Waals surface area contributed by atoms with Crippen LogP contribution in [0.15, 0.2) is 170 Å². The quantitative estimate of drug-likeness (QED) is 0.184. The largest absolute Gasteiger partial charge is 0.309 e. The van der Waals surface area contributed by atoms with Crippen LogP contribution >= 0.6 is 11.3 Å². The molecule has 0 bridgehead atoms. The van der Waals surface area contributed by atoms with Gasteiger partial charge < -0.3 is 4.57 Å². The van der Waals surface area contributed by atoms with Gasteiger partial charge in [-0.2, -0.15) is 0 Å². The van der Waals surface area contributed by atoms with E-state index in [1.54, 1.807) is 11.3 Å². The molecule has 0 fully saturated rings. The molecule has 0 aliphatic carbocycles. The first-order valence-corrected chi connectivity index (χ1v) is 17.1. The highest BCUT2D eigenvalue weighted by Gasteiger charge is 2.16. The number of benzene rings is 7. The van der Waals surface area contributed by atoms with Gasteiger partial charge >= 0.3 is 0 Å². The topological polar surface area (TPSA) is 43.6 Å². The number of para-hydroxylation sites is 2. The average molecular weight is 662 g/mol. The standard InChI is InChI=1S/C45H28N4S/c1-4-12-29(13-5-1)43-46-44(30-14-6-2-7-15-30)48-45(47-43)33-22-25-42-38(28-33)37-27-32(21-24-41(37)50-42)31-20-23-40-36(26-31)35-18-10-11-19-39(35)49(40)34-16-8-3-9-17-34/h1-28H/i1D,4D,5D,12D,13D. The predicted molar refractivity (Wildman–Crippen MR) is 209 cm³/mol. The summed E-state index contributed by atoms with van der Waals surface area (Å²) in [7, 11) is 0. The Kier molecular flexibility index (Phi) is 5.54. The monoisotopic (exact) mass is 661 g/mol. The minimum atomic E-state index is -0.468. The molecule has 0 amide bonds. The van der Waals surface area contributed by atoms with Crippen molar-refractivity contribution >= 4 is 53.3 Å². The van der Waals surface area contributed by atoms with Crippen LogP contribution in [0.2, 0.25) is 0 Å². The van der Waals surface area contributed by atoms with Crippen molar-refractivity contribution in [3.05, 3.63) is 170 Å². The van der Waals surface area contributed by atoms with Gasteiger partial charge in [0.1, 0.15) is 0 Å². The number of thiophene rings is 1. The number of rotatable bonds is 5. The highest BCUT2D eigenvalue weighted by molar-refractivity contribution is 7.25. The Labute approximate surface area is 299 Å². The van der Waals surface area contributed by atoms with Crippen LogP contribution in [0.3, 0.4) is 0 Å². The zero-order chi connectivity index (χ0) is 37.4. The molecular formula is C45H28N4S. The Morgan fingerprint density at radius 3 is 1.70 bits per heavy atom. The number of fused-ring (bicyclic) bond motifs is 6. The van der Waals surface area contributed by atoms with Gasteiger partial charge in [-0.05, 0) is 71.8 Å². The Balaban J connectivity index is 1.13. The molecule has 3 aromatic heterocycles. The van der Waals surface area contributed by atoms with Crippen molar-refractivity contribution in [1.29, 1.82) is 0 Å². The number of hydrogen-bond acceptors (Lipinski definition) is 4. The molecule has 0 spiro atoms. The zero-order valence-electron chi connectivity index (χ0n) is 31.5. The zero-order valence-corrected chi connectivity index (χ0v) is 27.3. The van der Waals surface area contributed by atoms with Gasteiger partial charge in [0.2, 0.25) is 0 Å². The van der Waals surface area contributed by atoms with Crippen molar-refractivity contribution in [2.75, 3.05) is 0 Å². The highest BCUT2D eigenvalue weighted by Crippen LogP contribution is 2.40. The molecule has 0 unspecified atom stereocenters. The summed E-state index contributed by atoms with van der Waals surface area (Å²) < 4.78 is 46.5. The fourth-order valence-electron chi connectivity index (χ4n) is 6.80. The van der Waals surface area contributed by atoms with E-state index in [4.69, 9.17) is 16.8 Å². The van der Waals surface area contributed by atoms with Crippen molar-refractivity contribution in [2.24, 2.45) is 0 Å². The third kappa shape index (κ3) is 4.79. The lowest BCUT2D eigenvalue weighted by Crippen LogP contribution is -2.00. The van der Waals surface area contributed by atoms with Crippen LogP contribution in [0.25, 0.3) is 93.0 Å². The molecule has 50 heavy (non-hydrogen) atoms. The Bertz CT molecular complexity index is 3130. The highest BCUT2D eigenvalue weighted by atomic mass is 32.1. The Morgan fingerprint density at radius 2 is 0.960 bits per heavy atom. The van der Waals surface area contributed by atoms with Crippen LogP contribution in [0.4, 0.5) is 0 Å². The maximum absolute atomic E-state index is 8.64. The van der Waals surface area contributed by atoms with E-state index in [-0.39, 0.29) is 23.5 Å². The molecule has 5 heteroatoms. The molecule has 4 nitrogen and oxygen atoms in total. The van der Waals surface area contributed by atoms with Gasteiger partial charge in [-0.15, -0.1) is 11.3 Å². The first-order chi connectivity index (χ1) is 26.8. The summed E-state index contributed by atoms with van der Waals surface area (Å²) in [6.45, 7) is 0. The molecule has 10 aromatic rings. The SMILES string of the molecule is [2H]c1c([2H])c([2H])c(-c2nc(-c3ccccc3)nc(-c3ccc4sc5ccc(-c6ccc7c(c6)c6ccccc6n7-c6ccccc6)cc5c4c3)n2)c([2H])c1[2H]. The van der Waals surface area contributed by atoms with Gasteiger partial charge in [-0.25, -0.2) is 15.0 Å². The molecule has 0 aliphatic heterocycles. The lowest BCUT2D eigenvalue weighted by Gasteiger charge is -2.09. The molecule has 7 aromatic carbocycles. The summed E-state index contributed by atoms with van der Waals surface area (Å²) in [4.78, 5) is 14.3. The molecule has 10 rings (SSSR count). The summed E-state index contributed by atoms with van der Waals surface area (Å²) in [5, 5.41) is 4.54. The third-order valence-electron chi connectivity index (χ3n) is 9.14. The van der Waals surface area contributed by atoms with Crippen LogP contribution in [0.5, 0.6) is 0 Å². The first-order valence-electron chi connectivity index (χ1n) is 18.8. The van der Waals surface area contributed by atoms with E-state index < -0.39 is 18.1 Å². The van der Waals surface area contributed by atoms with E-state index in [1.807, 2.05) is 42.5 Å². The first kappa shape index (κ1) is 23.8. The van der Waals surface area contributed by atoms with Crippen molar-refractivity contribution < 1.29 is 6.85 Å². The van der Waals surface area contributed by atoms with Gasteiger partial charge in [-0.3, -0.25) is 0 Å². The second-order valence-corrected chi connectivity index (χ2v) is 13.2. The average Bonchev–Trinajstić information content (AvgIpc) is 3.77. The lowest BCUT2D eigenvalue weighted by molar-refractivity contribution is 1.07. The summed E-state index contributed by atoms with van der Waals surface area (Å²) in [6, 6.07) is 45.7. The second kappa shape index (κ2) is 11.6. The van der Waals surface area contributed by atoms with Crippen LogP contribution in [0, 0.1) is 0 Å². The molecular weight excluding hydrogens is 629 g/mol. The number of nitrogens with zero attached hydrogens (tertiary/aromatic N) is 4. The molecule has 0 saturated carbocycles. The Morgan fingerprint density at radius 1 is 0.420 bits per heavy atom. The second-order valence-electron chi connectivity index (χ2n) is 12.1. The minimum absolute atomic E-state index is 0.0161. The number of aromatic nitrogens is 4. The van der Waals surface area contributed by atoms with Crippen molar-refractivity contribution in [3.8, 4) is 51.0 Å². The van der Waals surface area contributed by atoms with E-state index in [0.29, 0.717) is 11.6 Å². The summed E-state index contributed by atoms with van der Waals surface area (Å²) >= 11 is 1.72. The van der Waals surface area contributed by atoms with Crippen molar-refractivity contribution in [1.82, 2.24) is 19.5 Å². The lowest BCUT2D eigenvalue weighted by atomic mass is 10.00. The maximum Gasteiger partial charge on any atom is 0.164 e. The fraction of sp³-hybridized carbons (Fsp3) is 0. The minimum Gasteiger partial charge on any atom is -0.309 e. The number of hydrogen-bond donors (Lipinski definition) is 0. The summed E-state index contributed by atoms with van der Waals surface area (Å²) in [6.07, 6.45) is 0. The smallest absolute Gasteiger partial charge is 0.164 e. The fourth-order valence-corrected chi connectivity index (χ4v) is 7.87. The van der Waals surface area contributed by atoms with Crippen LogP contribution < -0.4 is 0 Å². The van der Waals surface area contributed by atoms with Crippen molar-refractivity contribution in [3.63, 3.8) is 0 Å². The van der Waals surface area contributed by atoms with Crippen LogP contribution in [0.1, 0.15) is 6.85 Å². The molecule has 234 valence electrons. The van der Waals surface area contributed by atoms with Gasteiger partial charge in [-0.1, -0.05) is 109 Å². The van der Waals surface area contributed by atoms with Gasteiger partial charge in [0.05, 0.1) is 17.9 Å². The van der Waals surface area contributed by atoms with Crippen LogP contribution in [-0.4, -0.2) is 19.5 Å². The Hall–Kier alpha value is -6.43. The van der Waals surface area contributed by atoms with Crippen molar-refractivity contribution in [2.45, 2.75) is 0 Å². The predicted octanol–water partition coefficient (Wildman–Crippen LogP) is 12.0. The van der Waals surface area contributed by atoms with E-state index in [2.05, 4.69) is 107 Å². The van der Waals surface area contributed by atoms with E-state index in [9.17, 15) is 0 Å². The van der Waals surface area contributed by atoms with Gasteiger partial charge in [0.15, 0.2) is 17.5 Å².